The van der Waals surface area contributed by atoms with Crippen molar-refractivity contribution in [3.63, 3.8) is 0 Å². The van der Waals surface area contributed by atoms with Crippen molar-refractivity contribution in [2.24, 2.45) is 0 Å². The van der Waals surface area contributed by atoms with E-state index in [1.807, 2.05) is 6.07 Å². The van der Waals surface area contributed by atoms with Crippen molar-refractivity contribution >= 4 is 32.4 Å². The van der Waals surface area contributed by atoms with E-state index < -0.39 is 45.8 Å². The first-order chi connectivity index (χ1) is 15.5. The summed E-state index contributed by atoms with van der Waals surface area (Å²) in [7, 11) is -3.59. The SMILES string of the molecule is CCS(=O)(=O)Nc1nc(C(=O)NC(Cc2cc(F)cc(F)c2)C(O)C(O)CCCC#N)cs1. The van der Waals surface area contributed by atoms with Crippen molar-refractivity contribution in [2.45, 2.75) is 50.9 Å². The first-order valence-corrected chi connectivity index (χ1v) is 12.5. The zero-order chi connectivity index (χ0) is 24.6. The first-order valence-electron chi connectivity index (χ1n) is 9.99. The smallest absolute Gasteiger partial charge is 0.271 e. The Labute approximate surface area is 194 Å². The van der Waals surface area contributed by atoms with Crippen LogP contribution in [0.1, 0.15) is 42.2 Å². The number of sulfonamides is 1. The Hall–Kier alpha value is -2.66. The number of nitriles is 1. The maximum Gasteiger partial charge on any atom is 0.271 e. The molecule has 1 aromatic carbocycles. The largest absolute Gasteiger partial charge is 0.390 e. The number of nitrogens with one attached hydrogen (secondary N) is 2. The molecule has 13 heteroatoms. The number of halogens is 2. The van der Waals surface area contributed by atoms with Crippen molar-refractivity contribution in [1.29, 1.82) is 5.26 Å². The van der Waals surface area contributed by atoms with Gasteiger partial charge in [0.2, 0.25) is 10.0 Å². The van der Waals surface area contributed by atoms with Crippen LogP contribution in [-0.2, 0) is 16.4 Å². The molecule has 0 aliphatic heterocycles. The lowest BCUT2D eigenvalue weighted by Gasteiger charge is -2.27. The summed E-state index contributed by atoms with van der Waals surface area (Å²) in [4.78, 5) is 16.6. The van der Waals surface area contributed by atoms with E-state index >= 15 is 0 Å². The molecule has 1 aromatic heterocycles. The minimum atomic E-state index is -3.59. The number of benzene rings is 1. The number of carbonyl (C=O) groups is 1. The first kappa shape index (κ1) is 26.6. The Bertz CT molecular complexity index is 1080. The van der Waals surface area contributed by atoms with Gasteiger partial charge in [0.05, 0.1) is 24.0 Å². The van der Waals surface area contributed by atoms with E-state index in [2.05, 4.69) is 15.0 Å². The Morgan fingerprint density at radius 3 is 2.55 bits per heavy atom. The molecule has 2 rings (SSSR count). The zero-order valence-electron chi connectivity index (χ0n) is 17.7. The second-order valence-corrected chi connectivity index (χ2v) is 10.1. The Morgan fingerprint density at radius 2 is 1.94 bits per heavy atom. The second-order valence-electron chi connectivity index (χ2n) is 7.21. The average molecular weight is 503 g/mol. The molecule has 33 heavy (non-hydrogen) atoms. The molecule has 1 heterocycles. The third-order valence-electron chi connectivity index (χ3n) is 4.65. The Balaban J connectivity index is 2.21. The van der Waals surface area contributed by atoms with Gasteiger partial charge in [-0.2, -0.15) is 5.26 Å². The van der Waals surface area contributed by atoms with Gasteiger partial charge in [0.1, 0.15) is 23.4 Å². The minimum Gasteiger partial charge on any atom is -0.390 e. The van der Waals surface area contributed by atoms with Gasteiger partial charge >= 0.3 is 0 Å². The summed E-state index contributed by atoms with van der Waals surface area (Å²) in [5.41, 5.74) is -0.00820. The van der Waals surface area contributed by atoms with Gasteiger partial charge in [-0.05, 0) is 43.9 Å². The number of amides is 1. The molecule has 0 radical (unpaired) electrons. The van der Waals surface area contributed by atoms with Gasteiger partial charge in [0, 0.05) is 17.9 Å². The van der Waals surface area contributed by atoms with Gasteiger partial charge in [-0.25, -0.2) is 22.2 Å². The third-order valence-corrected chi connectivity index (χ3v) is 6.80. The molecule has 1 amide bonds. The van der Waals surface area contributed by atoms with Crippen LogP contribution < -0.4 is 10.0 Å². The lowest BCUT2D eigenvalue weighted by atomic mass is 9.95. The van der Waals surface area contributed by atoms with Crippen molar-refractivity contribution in [1.82, 2.24) is 10.3 Å². The lowest BCUT2D eigenvalue weighted by molar-refractivity contribution is -0.00793. The number of aliphatic hydroxyl groups excluding tert-OH is 2. The van der Waals surface area contributed by atoms with Crippen LogP contribution >= 0.6 is 11.3 Å². The molecule has 4 N–H and O–H groups in total. The summed E-state index contributed by atoms with van der Waals surface area (Å²) in [6.45, 7) is 1.44. The number of aromatic nitrogens is 1. The topological polar surface area (TPSA) is 152 Å². The molecule has 0 fully saturated rings. The number of nitrogens with zero attached hydrogens (tertiary/aromatic N) is 2. The van der Waals surface area contributed by atoms with E-state index in [9.17, 15) is 32.2 Å². The van der Waals surface area contributed by atoms with Crippen LogP contribution in [0.4, 0.5) is 13.9 Å². The zero-order valence-corrected chi connectivity index (χ0v) is 19.3. The Kier molecular flexibility index (Phi) is 9.66. The van der Waals surface area contributed by atoms with E-state index in [-0.39, 0.29) is 41.4 Å². The summed E-state index contributed by atoms with van der Waals surface area (Å²) in [5, 5.41) is 33.3. The summed E-state index contributed by atoms with van der Waals surface area (Å²) in [6.07, 6.45) is -2.52. The molecule has 0 saturated carbocycles. The van der Waals surface area contributed by atoms with Gasteiger partial charge in [0.25, 0.3) is 5.91 Å². The number of aliphatic hydroxyl groups is 2. The number of carbonyl (C=O) groups excluding carboxylic acids is 1. The van der Waals surface area contributed by atoms with Crippen molar-refractivity contribution in [2.75, 3.05) is 10.5 Å². The minimum absolute atomic E-state index is 0.0251. The van der Waals surface area contributed by atoms with Gasteiger partial charge < -0.3 is 15.5 Å². The lowest BCUT2D eigenvalue weighted by Crippen LogP contribution is -2.50. The van der Waals surface area contributed by atoms with Crippen LogP contribution in [0.25, 0.3) is 0 Å². The van der Waals surface area contributed by atoms with E-state index in [1.165, 1.54) is 12.3 Å². The number of thiazole rings is 1. The number of hydrogen-bond acceptors (Lipinski definition) is 8. The van der Waals surface area contributed by atoms with E-state index in [4.69, 9.17) is 5.26 Å². The number of anilines is 1. The molecular formula is C20H24F2N4O5S2. The van der Waals surface area contributed by atoms with Crippen molar-refractivity contribution in [3.05, 3.63) is 46.5 Å². The molecule has 0 saturated heterocycles. The molecule has 3 unspecified atom stereocenters. The third kappa shape index (κ3) is 8.32. The monoisotopic (exact) mass is 502 g/mol. The second kappa shape index (κ2) is 12.0. The maximum absolute atomic E-state index is 13.6. The molecule has 0 aliphatic rings. The molecule has 0 spiro atoms. The van der Waals surface area contributed by atoms with Gasteiger partial charge in [0.15, 0.2) is 5.13 Å². The average Bonchev–Trinajstić information content (AvgIpc) is 3.20. The van der Waals surface area contributed by atoms with Gasteiger partial charge in [-0.1, -0.05) is 0 Å². The normalized spacial score (nSPS) is 14.2. The number of hydrogen-bond donors (Lipinski definition) is 4. The van der Waals surface area contributed by atoms with Crippen LogP contribution in [-0.4, -0.2) is 53.5 Å². The van der Waals surface area contributed by atoms with Crippen LogP contribution in [0.3, 0.4) is 0 Å². The quantitative estimate of drug-likeness (QED) is 0.324. The predicted molar refractivity (Wildman–Crippen MR) is 118 cm³/mol. The fourth-order valence-corrected chi connectivity index (χ4v) is 4.50. The molecular weight excluding hydrogens is 478 g/mol. The van der Waals surface area contributed by atoms with Crippen molar-refractivity contribution in [3.8, 4) is 6.07 Å². The molecule has 9 nitrogen and oxygen atoms in total. The van der Waals surface area contributed by atoms with Gasteiger partial charge in [-0.15, -0.1) is 11.3 Å². The Morgan fingerprint density at radius 1 is 1.27 bits per heavy atom. The fraction of sp³-hybridized carbons (Fsp3) is 0.450. The summed E-state index contributed by atoms with van der Waals surface area (Å²) >= 11 is 0.879. The highest BCUT2D eigenvalue weighted by molar-refractivity contribution is 7.92. The van der Waals surface area contributed by atoms with E-state index in [0.717, 1.165) is 23.5 Å². The number of unbranched alkanes of at least 4 members (excludes halogenated alkanes) is 1. The van der Waals surface area contributed by atoms with Gasteiger partial charge in [-0.3, -0.25) is 9.52 Å². The predicted octanol–water partition coefficient (Wildman–Crippen LogP) is 1.94. The standard InChI is InChI=1S/C20H24F2N4O5S2/c1-2-33(30,31)26-20-25-16(11-32-20)19(29)24-15(18(28)17(27)5-3-4-6-23)9-12-7-13(21)10-14(22)8-12/h7-8,10-11,15,17-18,27-28H,2-5,9H2,1H3,(H,24,29)(H,25,26). The van der Waals surface area contributed by atoms with Crippen LogP contribution in [0.2, 0.25) is 0 Å². The highest BCUT2D eigenvalue weighted by Crippen LogP contribution is 2.19. The number of rotatable bonds is 12. The summed E-state index contributed by atoms with van der Waals surface area (Å²) in [5.74, 6) is -2.65. The van der Waals surface area contributed by atoms with E-state index in [1.54, 1.807) is 0 Å². The maximum atomic E-state index is 13.6. The van der Waals surface area contributed by atoms with Crippen molar-refractivity contribution < 1.29 is 32.2 Å². The molecule has 3 atom stereocenters. The summed E-state index contributed by atoms with van der Waals surface area (Å²) < 4.78 is 52.8. The highest BCUT2D eigenvalue weighted by Gasteiger charge is 2.29. The van der Waals surface area contributed by atoms with Crippen LogP contribution in [0.15, 0.2) is 23.6 Å². The molecule has 0 bridgehead atoms. The summed E-state index contributed by atoms with van der Waals surface area (Å²) in [6, 6.07) is 3.52. The van der Waals surface area contributed by atoms with E-state index in [0.29, 0.717) is 12.5 Å². The molecule has 0 aliphatic carbocycles. The highest BCUT2D eigenvalue weighted by atomic mass is 32.2. The molecule has 2 aromatic rings. The fourth-order valence-electron chi connectivity index (χ4n) is 2.94. The van der Waals surface area contributed by atoms with Crippen LogP contribution in [0.5, 0.6) is 0 Å². The molecule has 180 valence electrons. The van der Waals surface area contributed by atoms with Crippen LogP contribution in [0, 0.1) is 23.0 Å².